The molecule has 20 heavy (non-hydrogen) atoms. The summed E-state index contributed by atoms with van der Waals surface area (Å²) in [6.45, 7) is 5.18. The second-order valence-corrected chi connectivity index (χ2v) is 6.30. The standard InChI is InChI=1S/C14H15IN2O2S/c1-3-16-14-17(4-2)13(19)12(20-14)8-9-5-6-11(18)10(15)7-9/h5-8,18H,3-4H2,1-2H3/b12-8-,16-14?. The zero-order chi connectivity index (χ0) is 14.7. The van der Waals surface area contributed by atoms with Crippen LogP contribution in [-0.2, 0) is 4.79 Å². The maximum Gasteiger partial charge on any atom is 0.266 e. The van der Waals surface area contributed by atoms with Gasteiger partial charge >= 0.3 is 0 Å². The lowest BCUT2D eigenvalue weighted by atomic mass is 10.2. The fourth-order valence-electron chi connectivity index (χ4n) is 1.80. The van der Waals surface area contributed by atoms with Gasteiger partial charge in [0.05, 0.1) is 8.48 Å². The van der Waals surface area contributed by atoms with E-state index in [1.165, 1.54) is 11.8 Å². The van der Waals surface area contributed by atoms with Crippen LogP contribution in [0.15, 0.2) is 28.1 Å². The van der Waals surface area contributed by atoms with Gasteiger partial charge in [-0.2, -0.15) is 0 Å². The SMILES string of the molecule is CCN=C1S/C(=C\c2ccc(O)c(I)c2)C(=O)N1CC. The fraction of sp³-hybridized carbons (Fsp3) is 0.286. The largest absolute Gasteiger partial charge is 0.507 e. The lowest BCUT2D eigenvalue weighted by molar-refractivity contribution is -0.122. The summed E-state index contributed by atoms with van der Waals surface area (Å²) in [5, 5.41) is 10.3. The normalized spacial score (nSPS) is 19.4. The van der Waals surface area contributed by atoms with Crippen LogP contribution in [0.1, 0.15) is 19.4 Å². The van der Waals surface area contributed by atoms with Gasteiger partial charge in [0.25, 0.3) is 5.91 Å². The molecule has 0 aliphatic carbocycles. The van der Waals surface area contributed by atoms with Crippen molar-refractivity contribution < 1.29 is 9.90 Å². The number of nitrogens with zero attached hydrogens (tertiary/aromatic N) is 2. The van der Waals surface area contributed by atoms with Crippen LogP contribution in [0, 0.1) is 3.57 Å². The maximum absolute atomic E-state index is 12.3. The van der Waals surface area contributed by atoms with Crippen LogP contribution in [0.2, 0.25) is 0 Å². The molecule has 0 atom stereocenters. The highest BCUT2D eigenvalue weighted by molar-refractivity contribution is 14.1. The van der Waals surface area contributed by atoms with Gasteiger partial charge in [-0.25, -0.2) is 0 Å². The molecule has 1 N–H and O–H groups in total. The second kappa shape index (κ2) is 6.62. The van der Waals surface area contributed by atoms with Crippen molar-refractivity contribution in [2.24, 2.45) is 4.99 Å². The number of aliphatic imine (C=N–C) groups is 1. The van der Waals surface area contributed by atoms with Crippen LogP contribution in [0.25, 0.3) is 6.08 Å². The molecule has 1 aromatic rings. The van der Waals surface area contributed by atoms with Gasteiger partial charge in [0.2, 0.25) is 0 Å². The van der Waals surface area contributed by atoms with E-state index in [1.807, 2.05) is 26.0 Å². The molecule has 6 heteroatoms. The number of hydrogen-bond acceptors (Lipinski definition) is 4. The topological polar surface area (TPSA) is 52.9 Å². The zero-order valence-electron chi connectivity index (χ0n) is 11.3. The molecule has 0 aromatic heterocycles. The monoisotopic (exact) mass is 402 g/mol. The molecule has 1 fully saturated rings. The van der Waals surface area contributed by atoms with Gasteiger partial charge in [-0.1, -0.05) is 6.07 Å². The van der Waals surface area contributed by atoms with Crippen LogP contribution >= 0.6 is 34.4 Å². The number of aromatic hydroxyl groups is 1. The third-order valence-corrected chi connectivity index (χ3v) is 4.68. The highest BCUT2D eigenvalue weighted by Crippen LogP contribution is 2.33. The summed E-state index contributed by atoms with van der Waals surface area (Å²) in [5.41, 5.74) is 0.900. The molecule has 0 spiro atoms. The molecule has 0 saturated carbocycles. The highest BCUT2D eigenvalue weighted by atomic mass is 127. The van der Waals surface area contributed by atoms with E-state index in [-0.39, 0.29) is 11.7 Å². The maximum atomic E-state index is 12.3. The van der Waals surface area contributed by atoms with Crippen molar-refractivity contribution in [1.82, 2.24) is 4.90 Å². The summed E-state index contributed by atoms with van der Waals surface area (Å²) in [5.74, 6) is 0.245. The Kier molecular flexibility index (Phi) is 5.09. The second-order valence-electron chi connectivity index (χ2n) is 4.13. The smallest absolute Gasteiger partial charge is 0.266 e. The van der Waals surface area contributed by atoms with Crippen molar-refractivity contribution in [2.75, 3.05) is 13.1 Å². The molecule has 0 radical (unpaired) electrons. The van der Waals surface area contributed by atoms with Crippen molar-refractivity contribution >= 4 is 51.5 Å². The minimum Gasteiger partial charge on any atom is -0.507 e. The Morgan fingerprint density at radius 1 is 1.45 bits per heavy atom. The summed E-state index contributed by atoms with van der Waals surface area (Å²) in [6.07, 6.45) is 1.84. The molecular weight excluding hydrogens is 387 g/mol. The van der Waals surface area contributed by atoms with Crippen LogP contribution < -0.4 is 0 Å². The lowest BCUT2D eigenvalue weighted by Crippen LogP contribution is -2.28. The Morgan fingerprint density at radius 3 is 2.80 bits per heavy atom. The first-order chi connectivity index (χ1) is 9.56. The third kappa shape index (κ3) is 3.17. The van der Waals surface area contributed by atoms with Gasteiger partial charge in [-0.3, -0.25) is 14.7 Å². The molecule has 1 amide bonds. The molecule has 4 nitrogen and oxygen atoms in total. The Hall–Kier alpha value is -1.02. The number of amides is 1. The van der Waals surface area contributed by atoms with Crippen molar-refractivity contribution in [1.29, 1.82) is 0 Å². The van der Waals surface area contributed by atoms with E-state index in [9.17, 15) is 9.90 Å². The summed E-state index contributed by atoms with van der Waals surface area (Å²) in [4.78, 5) is 19.0. The quantitative estimate of drug-likeness (QED) is 0.624. The number of benzene rings is 1. The summed E-state index contributed by atoms with van der Waals surface area (Å²) >= 11 is 3.47. The fourth-order valence-corrected chi connectivity index (χ4v) is 3.45. The highest BCUT2D eigenvalue weighted by Gasteiger charge is 2.31. The Balaban J connectivity index is 2.33. The minimum atomic E-state index is -0.00668. The molecule has 1 heterocycles. The molecule has 0 bridgehead atoms. The van der Waals surface area contributed by atoms with E-state index in [1.54, 1.807) is 17.0 Å². The zero-order valence-corrected chi connectivity index (χ0v) is 14.2. The molecule has 106 valence electrons. The van der Waals surface area contributed by atoms with E-state index < -0.39 is 0 Å². The van der Waals surface area contributed by atoms with Crippen LogP contribution in [0.3, 0.4) is 0 Å². The number of thioether (sulfide) groups is 1. The molecule has 1 aliphatic heterocycles. The van der Waals surface area contributed by atoms with E-state index in [4.69, 9.17) is 0 Å². The predicted molar refractivity (Wildman–Crippen MR) is 91.8 cm³/mol. The van der Waals surface area contributed by atoms with E-state index in [0.29, 0.717) is 18.0 Å². The average Bonchev–Trinajstić information content (AvgIpc) is 2.70. The van der Waals surface area contributed by atoms with Crippen molar-refractivity contribution in [2.45, 2.75) is 13.8 Å². The van der Waals surface area contributed by atoms with Crippen molar-refractivity contribution in [3.63, 3.8) is 0 Å². The number of rotatable bonds is 3. The predicted octanol–water partition coefficient (Wildman–Crippen LogP) is 3.31. The number of carbonyl (C=O) groups is 1. The van der Waals surface area contributed by atoms with Crippen LogP contribution in [0.5, 0.6) is 5.75 Å². The van der Waals surface area contributed by atoms with Gasteiger partial charge in [-0.15, -0.1) is 0 Å². The van der Waals surface area contributed by atoms with Crippen molar-refractivity contribution in [3.05, 3.63) is 32.2 Å². The van der Waals surface area contributed by atoms with E-state index >= 15 is 0 Å². The first-order valence-corrected chi connectivity index (χ1v) is 8.20. The Morgan fingerprint density at radius 2 is 2.20 bits per heavy atom. The van der Waals surface area contributed by atoms with Crippen molar-refractivity contribution in [3.8, 4) is 5.75 Å². The van der Waals surface area contributed by atoms with Crippen LogP contribution in [0.4, 0.5) is 0 Å². The molecule has 1 saturated heterocycles. The molecular formula is C14H15IN2O2S. The number of halogens is 1. The molecule has 0 unspecified atom stereocenters. The number of amidine groups is 1. The lowest BCUT2D eigenvalue weighted by Gasteiger charge is -2.11. The first kappa shape index (κ1) is 15.4. The number of likely N-dealkylation sites (N-methyl/N-ethyl adjacent to an activating group) is 1. The molecule has 1 aromatic carbocycles. The number of hydrogen-bond donors (Lipinski definition) is 1. The van der Waals surface area contributed by atoms with Gasteiger partial charge in [-0.05, 0) is 72.0 Å². The minimum absolute atomic E-state index is 0.00668. The molecule has 2 rings (SSSR count). The summed E-state index contributed by atoms with van der Waals surface area (Å²) in [7, 11) is 0. The van der Waals surface area contributed by atoms with Gasteiger partial charge in [0.15, 0.2) is 5.17 Å². The number of carbonyl (C=O) groups excluding carboxylic acids is 1. The Labute approximate surface area is 136 Å². The van der Waals surface area contributed by atoms with Gasteiger partial charge < -0.3 is 5.11 Å². The first-order valence-electron chi connectivity index (χ1n) is 6.31. The average molecular weight is 402 g/mol. The number of phenolic OH excluding ortho intramolecular Hbond substituents is 1. The third-order valence-electron chi connectivity index (χ3n) is 2.77. The van der Waals surface area contributed by atoms with Gasteiger partial charge in [0, 0.05) is 13.1 Å². The van der Waals surface area contributed by atoms with Crippen LogP contribution in [-0.4, -0.2) is 34.2 Å². The van der Waals surface area contributed by atoms with E-state index in [0.717, 1.165) is 14.3 Å². The molecule has 1 aliphatic rings. The summed E-state index contributed by atoms with van der Waals surface area (Å²) in [6, 6.07) is 5.28. The van der Waals surface area contributed by atoms with E-state index in [2.05, 4.69) is 27.6 Å². The van der Waals surface area contributed by atoms with Gasteiger partial charge in [0.1, 0.15) is 5.75 Å². The number of phenols is 1. The Bertz CT molecular complexity index is 599. The summed E-state index contributed by atoms with van der Waals surface area (Å²) < 4.78 is 0.766.